The van der Waals surface area contributed by atoms with Crippen molar-refractivity contribution in [3.05, 3.63) is 0 Å². The molecule has 0 spiro atoms. The second-order valence-electron chi connectivity index (χ2n) is 5.26. The summed E-state index contributed by atoms with van der Waals surface area (Å²) >= 11 is 2.21. The predicted octanol–water partition coefficient (Wildman–Crippen LogP) is 1.62. The molecule has 2 fully saturated rings. The molecule has 1 amide bonds. The second-order valence-corrected chi connectivity index (χ2v) is 5.88. The first-order valence-corrected chi connectivity index (χ1v) is 7.77. The molecule has 1 aliphatic heterocycles. The number of likely N-dealkylation sites (N-methyl/N-ethyl adjacent to an activating group) is 1. The Balaban J connectivity index is 1.71. The Labute approximate surface area is 123 Å². The van der Waals surface area contributed by atoms with Crippen molar-refractivity contribution in [3.63, 3.8) is 0 Å². The summed E-state index contributed by atoms with van der Waals surface area (Å²) in [7, 11) is 2.08. The highest BCUT2D eigenvalue weighted by atomic mass is 127. The van der Waals surface area contributed by atoms with Crippen LogP contribution >= 0.6 is 22.9 Å². The highest BCUT2D eigenvalue weighted by Gasteiger charge is 2.26. The zero-order valence-electron chi connectivity index (χ0n) is 10.9. The quantitative estimate of drug-likeness (QED) is 0.595. The van der Waals surface area contributed by atoms with Crippen LogP contribution in [-0.2, 0) is 4.74 Å². The number of hydrogen-bond donors (Lipinski definition) is 1. The first-order valence-electron chi connectivity index (χ1n) is 6.69. The number of carbonyl (C=O) groups is 1. The van der Waals surface area contributed by atoms with E-state index >= 15 is 0 Å². The third kappa shape index (κ3) is 3.96. The van der Waals surface area contributed by atoms with E-state index in [4.69, 9.17) is 4.74 Å². The van der Waals surface area contributed by atoms with Gasteiger partial charge >= 0.3 is 6.09 Å². The van der Waals surface area contributed by atoms with Crippen LogP contribution in [-0.4, -0.2) is 61.3 Å². The van der Waals surface area contributed by atoms with Gasteiger partial charge < -0.3 is 14.5 Å². The largest absolute Gasteiger partial charge is 0.446 e. The summed E-state index contributed by atoms with van der Waals surface area (Å²) in [6, 6.07) is 0.587. The van der Waals surface area contributed by atoms with Crippen molar-refractivity contribution in [1.29, 1.82) is 0 Å². The molecule has 1 saturated carbocycles. The molecule has 6 heteroatoms. The van der Waals surface area contributed by atoms with Crippen LogP contribution in [0, 0.1) is 0 Å². The third-order valence-corrected chi connectivity index (χ3v) is 4.74. The minimum Gasteiger partial charge on any atom is -0.446 e. The molecule has 2 rings (SSSR count). The Morgan fingerprint density at radius 2 is 1.78 bits per heavy atom. The van der Waals surface area contributed by atoms with E-state index < -0.39 is 0 Å². The number of carbonyl (C=O) groups excluding carboxylic acids is 1. The van der Waals surface area contributed by atoms with Gasteiger partial charge in [-0.1, -0.05) is 0 Å². The van der Waals surface area contributed by atoms with Crippen LogP contribution in [0.15, 0.2) is 0 Å². The van der Waals surface area contributed by atoms with Gasteiger partial charge in [0.15, 0.2) is 0 Å². The van der Waals surface area contributed by atoms with E-state index in [1.54, 1.807) is 0 Å². The zero-order valence-corrected chi connectivity index (χ0v) is 13.1. The molecule has 1 saturated heterocycles. The van der Waals surface area contributed by atoms with E-state index in [2.05, 4.69) is 38.3 Å². The predicted molar refractivity (Wildman–Crippen MR) is 78.8 cm³/mol. The van der Waals surface area contributed by atoms with Crippen LogP contribution in [0.2, 0.25) is 0 Å². The Hall–Kier alpha value is -0.0800. The molecular weight excluding hydrogens is 345 g/mol. The Morgan fingerprint density at radius 3 is 2.33 bits per heavy atom. The zero-order chi connectivity index (χ0) is 13.0. The van der Waals surface area contributed by atoms with Crippen molar-refractivity contribution in [2.75, 3.05) is 33.2 Å². The summed E-state index contributed by atoms with van der Waals surface area (Å²) in [4.78, 5) is 16.1. The van der Waals surface area contributed by atoms with Gasteiger partial charge in [0.25, 0.3) is 0 Å². The number of ether oxygens (including phenoxy) is 1. The number of rotatable bonds is 2. The maximum absolute atomic E-state index is 12.0. The molecule has 0 atom stereocenters. The van der Waals surface area contributed by atoms with Gasteiger partial charge in [-0.3, -0.25) is 3.53 Å². The average Bonchev–Trinajstić information content (AvgIpc) is 2.40. The molecule has 0 aromatic carbocycles. The van der Waals surface area contributed by atoms with Crippen LogP contribution in [0.5, 0.6) is 0 Å². The van der Waals surface area contributed by atoms with E-state index in [1.807, 2.05) is 4.90 Å². The van der Waals surface area contributed by atoms with Gasteiger partial charge in [0.1, 0.15) is 6.10 Å². The highest BCUT2D eigenvalue weighted by molar-refractivity contribution is 14.1. The van der Waals surface area contributed by atoms with E-state index in [0.29, 0.717) is 6.04 Å². The number of hydrogen-bond acceptors (Lipinski definition) is 4. The summed E-state index contributed by atoms with van der Waals surface area (Å²) in [5, 5.41) is 0. The van der Waals surface area contributed by atoms with Crippen molar-refractivity contribution in [2.24, 2.45) is 0 Å². The molecule has 2 aliphatic rings. The number of piperazine rings is 1. The van der Waals surface area contributed by atoms with Gasteiger partial charge in [-0.25, -0.2) is 4.79 Å². The molecule has 0 aromatic heterocycles. The van der Waals surface area contributed by atoms with Crippen molar-refractivity contribution in [3.8, 4) is 0 Å². The topological polar surface area (TPSA) is 44.8 Å². The normalized spacial score (nSPS) is 30.2. The maximum Gasteiger partial charge on any atom is 0.410 e. The van der Waals surface area contributed by atoms with Crippen LogP contribution in [0.4, 0.5) is 4.79 Å². The summed E-state index contributed by atoms with van der Waals surface area (Å²) in [5.74, 6) is 0. The standard InChI is InChI=1S/C12H22IN3O2/c1-15-6-8-16(9-7-15)12(17)18-11-4-2-10(14-13)3-5-11/h10-11,14H,2-9H2,1H3/t10-,11-. The van der Waals surface area contributed by atoms with Gasteiger partial charge in [-0.05, 0) is 32.7 Å². The van der Waals surface area contributed by atoms with E-state index in [1.165, 1.54) is 0 Å². The summed E-state index contributed by atoms with van der Waals surface area (Å²) < 4.78 is 8.86. The first kappa shape index (κ1) is 14.3. The van der Waals surface area contributed by atoms with Crippen molar-refractivity contribution in [2.45, 2.75) is 37.8 Å². The molecule has 1 aliphatic carbocycles. The minimum atomic E-state index is -0.117. The number of nitrogens with zero attached hydrogens (tertiary/aromatic N) is 2. The van der Waals surface area contributed by atoms with E-state index in [-0.39, 0.29) is 12.2 Å². The average molecular weight is 367 g/mol. The van der Waals surface area contributed by atoms with E-state index in [0.717, 1.165) is 51.9 Å². The van der Waals surface area contributed by atoms with Gasteiger partial charge in [-0.2, -0.15) is 0 Å². The molecule has 18 heavy (non-hydrogen) atoms. The minimum absolute atomic E-state index is 0.117. The number of amides is 1. The van der Waals surface area contributed by atoms with Crippen LogP contribution < -0.4 is 3.53 Å². The summed E-state index contributed by atoms with van der Waals surface area (Å²) in [5.41, 5.74) is 0. The van der Waals surface area contributed by atoms with Gasteiger partial charge in [-0.15, -0.1) is 0 Å². The fourth-order valence-electron chi connectivity index (χ4n) is 2.50. The molecule has 104 valence electrons. The SMILES string of the molecule is CN1CCN(C(=O)O[C@H]2CC[C@H](NI)CC2)CC1. The monoisotopic (exact) mass is 367 g/mol. The van der Waals surface area contributed by atoms with Gasteiger partial charge in [0, 0.05) is 55.1 Å². The lowest BCUT2D eigenvalue weighted by molar-refractivity contribution is 0.0329. The molecule has 0 bridgehead atoms. The Morgan fingerprint density at radius 1 is 1.17 bits per heavy atom. The van der Waals surface area contributed by atoms with Crippen molar-refractivity contribution >= 4 is 29.0 Å². The molecule has 0 unspecified atom stereocenters. The Kier molecular flexibility index (Phi) is 5.50. The fourth-order valence-corrected chi connectivity index (χ4v) is 3.12. The summed E-state index contributed by atoms with van der Waals surface area (Å²) in [6.45, 7) is 3.47. The molecule has 5 nitrogen and oxygen atoms in total. The number of nitrogens with one attached hydrogen (secondary N) is 1. The van der Waals surface area contributed by atoms with Gasteiger partial charge in [0.05, 0.1) is 0 Å². The molecule has 0 aromatic rings. The lowest BCUT2D eigenvalue weighted by atomic mass is 9.94. The van der Waals surface area contributed by atoms with Crippen LogP contribution in [0.1, 0.15) is 25.7 Å². The molecule has 1 heterocycles. The molecule has 1 N–H and O–H groups in total. The van der Waals surface area contributed by atoms with E-state index in [9.17, 15) is 4.79 Å². The first-order chi connectivity index (χ1) is 8.69. The number of halogens is 1. The Bertz CT molecular complexity index is 274. The second kappa shape index (κ2) is 6.91. The van der Waals surface area contributed by atoms with Crippen molar-refractivity contribution in [1.82, 2.24) is 13.3 Å². The molecular formula is C12H22IN3O2. The lowest BCUT2D eigenvalue weighted by Gasteiger charge is -2.34. The smallest absolute Gasteiger partial charge is 0.410 e. The summed E-state index contributed by atoms with van der Waals surface area (Å²) in [6.07, 6.45) is 4.18. The van der Waals surface area contributed by atoms with Crippen LogP contribution in [0.25, 0.3) is 0 Å². The highest BCUT2D eigenvalue weighted by Crippen LogP contribution is 2.22. The molecule has 0 radical (unpaired) electrons. The van der Waals surface area contributed by atoms with Crippen LogP contribution in [0.3, 0.4) is 0 Å². The van der Waals surface area contributed by atoms with Gasteiger partial charge in [0.2, 0.25) is 0 Å². The fraction of sp³-hybridized carbons (Fsp3) is 0.917. The maximum atomic E-state index is 12.0. The third-order valence-electron chi connectivity index (χ3n) is 3.86. The lowest BCUT2D eigenvalue weighted by Crippen LogP contribution is -2.48. The van der Waals surface area contributed by atoms with Crippen molar-refractivity contribution < 1.29 is 9.53 Å².